The highest BCUT2D eigenvalue weighted by atomic mass is 19.1. The summed E-state index contributed by atoms with van der Waals surface area (Å²) in [6, 6.07) is 7.09. The minimum atomic E-state index is -0.203. The quantitative estimate of drug-likeness (QED) is 0.783. The number of benzene rings is 1. The Kier molecular flexibility index (Phi) is 5.28. The summed E-state index contributed by atoms with van der Waals surface area (Å²) in [6.45, 7) is 5.50. The van der Waals surface area contributed by atoms with E-state index in [0.29, 0.717) is 6.04 Å². The fraction of sp³-hybridized carbons (Fsp3) is 0.556. The van der Waals surface area contributed by atoms with E-state index in [1.165, 1.54) is 23.1 Å². The largest absolute Gasteiger partial charge is 0.369 e. The van der Waals surface area contributed by atoms with E-state index in [4.69, 9.17) is 0 Å². The molecular formula is C18H24FN7O. The Morgan fingerprint density at radius 2 is 1.89 bits per heavy atom. The number of likely N-dealkylation sites (tertiary alicyclic amines) is 1. The number of piperazine rings is 1. The fourth-order valence-corrected chi connectivity index (χ4v) is 3.97. The molecule has 1 amide bonds. The molecule has 1 atom stereocenters. The molecule has 2 aromatic rings. The molecule has 3 heterocycles. The SMILES string of the molecule is O=C(Cn1cnnn1)N1CCCC(N2CCN(c3ccc(F)cc3)CC2)C1. The monoisotopic (exact) mass is 373 g/mol. The number of nitrogens with zero attached hydrogens (tertiary/aromatic N) is 7. The number of hydrogen-bond acceptors (Lipinski definition) is 6. The second kappa shape index (κ2) is 7.99. The van der Waals surface area contributed by atoms with Crippen molar-refractivity contribution in [3.05, 3.63) is 36.4 Å². The van der Waals surface area contributed by atoms with Crippen LogP contribution in [0.2, 0.25) is 0 Å². The molecule has 1 aromatic heterocycles. The summed E-state index contributed by atoms with van der Waals surface area (Å²) in [6.07, 6.45) is 3.60. The average Bonchev–Trinajstić information content (AvgIpc) is 3.22. The van der Waals surface area contributed by atoms with Gasteiger partial charge in [0.2, 0.25) is 5.91 Å². The Labute approximate surface area is 157 Å². The highest BCUT2D eigenvalue weighted by molar-refractivity contribution is 5.76. The summed E-state index contributed by atoms with van der Waals surface area (Å²) in [5, 5.41) is 10.9. The number of amides is 1. The van der Waals surface area contributed by atoms with Gasteiger partial charge < -0.3 is 9.80 Å². The first-order chi connectivity index (χ1) is 13.2. The zero-order valence-corrected chi connectivity index (χ0v) is 15.2. The molecule has 1 unspecified atom stereocenters. The van der Waals surface area contributed by atoms with Crippen molar-refractivity contribution in [2.24, 2.45) is 0 Å². The summed E-state index contributed by atoms with van der Waals surface area (Å²) in [7, 11) is 0. The molecular weight excluding hydrogens is 349 g/mol. The van der Waals surface area contributed by atoms with Crippen LogP contribution in [0.15, 0.2) is 30.6 Å². The topological polar surface area (TPSA) is 70.4 Å². The van der Waals surface area contributed by atoms with E-state index in [1.807, 2.05) is 17.0 Å². The zero-order chi connectivity index (χ0) is 18.6. The molecule has 0 bridgehead atoms. The molecule has 8 nitrogen and oxygen atoms in total. The third-order valence-corrected chi connectivity index (χ3v) is 5.46. The van der Waals surface area contributed by atoms with Gasteiger partial charge in [-0.1, -0.05) is 0 Å². The first kappa shape index (κ1) is 17.8. The van der Waals surface area contributed by atoms with Crippen molar-refractivity contribution in [3.8, 4) is 0 Å². The molecule has 0 spiro atoms. The van der Waals surface area contributed by atoms with E-state index in [1.54, 1.807) is 0 Å². The summed E-state index contributed by atoms with van der Waals surface area (Å²) in [5.41, 5.74) is 1.07. The second-order valence-corrected chi connectivity index (χ2v) is 7.14. The van der Waals surface area contributed by atoms with Gasteiger partial charge in [-0.15, -0.1) is 5.10 Å². The van der Waals surface area contributed by atoms with Crippen molar-refractivity contribution >= 4 is 11.6 Å². The lowest BCUT2D eigenvalue weighted by atomic mass is 10.0. The van der Waals surface area contributed by atoms with Gasteiger partial charge in [0, 0.05) is 51.0 Å². The maximum atomic E-state index is 13.1. The van der Waals surface area contributed by atoms with E-state index in [0.717, 1.165) is 57.8 Å². The van der Waals surface area contributed by atoms with E-state index in [-0.39, 0.29) is 18.3 Å². The van der Waals surface area contributed by atoms with Gasteiger partial charge in [-0.3, -0.25) is 9.69 Å². The third-order valence-electron chi connectivity index (χ3n) is 5.46. The Morgan fingerprint density at radius 1 is 1.11 bits per heavy atom. The van der Waals surface area contributed by atoms with E-state index in [2.05, 4.69) is 25.3 Å². The van der Waals surface area contributed by atoms with Crippen molar-refractivity contribution in [1.29, 1.82) is 0 Å². The van der Waals surface area contributed by atoms with Crippen LogP contribution in [0.1, 0.15) is 12.8 Å². The molecule has 2 aliphatic heterocycles. The number of tetrazole rings is 1. The van der Waals surface area contributed by atoms with Gasteiger partial charge in [-0.2, -0.15) is 0 Å². The number of halogens is 1. The van der Waals surface area contributed by atoms with Crippen LogP contribution in [-0.2, 0) is 11.3 Å². The van der Waals surface area contributed by atoms with Crippen LogP contribution in [0, 0.1) is 5.82 Å². The third kappa shape index (κ3) is 4.24. The molecule has 0 N–H and O–H groups in total. The molecule has 0 aliphatic carbocycles. The van der Waals surface area contributed by atoms with Gasteiger partial charge >= 0.3 is 0 Å². The van der Waals surface area contributed by atoms with Gasteiger partial charge in [0.05, 0.1) is 0 Å². The molecule has 1 aromatic carbocycles. The Bertz CT molecular complexity index is 744. The lowest BCUT2D eigenvalue weighted by Gasteiger charge is -2.44. The van der Waals surface area contributed by atoms with Crippen LogP contribution in [0.3, 0.4) is 0 Å². The molecule has 9 heteroatoms. The number of rotatable bonds is 4. The lowest BCUT2D eigenvalue weighted by Crippen LogP contribution is -2.56. The van der Waals surface area contributed by atoms with Crippen molar-refractivity contribution in [3.63, 3.8) is 0 Å². The van der Waals surface area contributed by atoms with Crippen LogP contribution < -0.4 is 4.90 Å². The number of anilines is 1. The Hall–Kier alpha value is -2.55. The van der Waals surface area contributed by atoms with Crippen LogP contribution in [-0.4, -0.2) is 81.2 Å². The standard InChI is InChI=1S/C18H24FN7O/c19-15-3-5-16(6-4-15)23-8-10-24(11-9-23)17-2-1-7-25(12-17)18(27)13-26-14-20-21-22-26/h3-6,14,17H,1-2,7-13H2. The average molecular weight is 373 g/mol. The number of carbonyl (C=O) groups is 1. The molecule has 144 valence electrons. The molecule has 2 fully saturated rings. The summed E-state index contributed by atoms with van der Waals surface area (Å²) < 4.78 is 14.6. The molecule has 27 heavy (non-hydrogen) atoms. The number of piperidine rings is 1. The smallest absolute Gasteiger partial charge is 0.244 e. The van der Waals surface area contributed by atoms with Crippen molar-refractivity contribution < 1.29 is 9.18 Å². The minimum absolute atomic E-state index is 0.0666. The van der Waals surface area contributed by atoms with Crippen LogP contribution in [0.4, 0.5) is 10.1 Å². The normalized spacial score (nSPS) is 21.4. The minimum Gasteiger partial charge on any atom is -0.369 e. The molecule has 2 aliphatic rings. The van der Waals surface area contributed by atoms with Gasteiger partial charge in [0.15, 0.2) is 0 Å². The second-order valence-electron chi connectivity index (χ2n) is 7.14. The Balaban J connectivity index is 1.30. The van der Waals surface area contributed by atoms with Gasteiger partial charge in [0.25, 0.3) is 0 Å². The predicted octanol–water partition coefficient (Wildman–Crippen LogP) is 0.625. The van der Waals surface area contributed by atoms with Crippen molar-refractivity contribution in [2.75, 3.05) is 44.2 Å². The number of aromatic nitrogens is 4. The van der Waals surface area contributed by atoms with E-state index >= 15 is 0 Å². The highest BCUT2D eigenvalue weighted by Crippen LogP contribution is 2.21. The predicted molar refractivity (Wildman–Crippen MR) is 97.6 cm³/mol. The van der Waals surface area contributed by atoms with Crippen molar-refractivity contribution in [2.45, 2.75) is 25.4 Å². The lowest BCUT2D eigenvalue weighted by molar-refractivity contribution is -0.134. The summed E-state index contributed by atoms with van der Waals surface area (Å²) >= 11 is 0. The van der Waals surface area contributed by atoms with Crippen molar-refractivity contribution in [1.82, 2.24) is 30.0 Å². The van der Waals surface area contributed by atoms with Gasteiger partial charge in [-0.25, -0.2) is 9.07 Å². The fourth-order valence-electron chi connectivity index (χ4n) is 3.97. The molecule has 4 rings (SSSR count). The zero-order valence-electron chi connectivity index (χ0n) is 15.2. The Morgan fingerprint density at radius 3 is 2.59 bits per heavy atom. The first-order valence-electron chi connectivity index (χ1n) is 9.42. The summed E-state index contributed by atoms with van der Waals surface area (Å²) in [4.78, 5) is 19.2. The number of hydrogen-bond donors (Lipinski definition) is 0. The van der Waals surface area contributed by atoms with Gasteiger partial charge in [-0.05, 0) is 47.5 Å². The van der Waals surface area contributed by atoms with Gasteiger partial charge in [0.1, 0.15) is 18.7 Å². The van der Waals surface area contributed by atoms with E-state index < -0.39 is 0 Å². The maximum absolute atomic E-state index is 13.1. The maximum Gasteiger partial charge on any atom is 0.244 e. The molecule has 2 saturated heterocycles. The molecule has 0 radical (unpaired) electrons. The number of carbonyl (C=O) groups excluding carboxylic acids is 1. The van der Waals surface area contributed by atoms with E-state index in [9.17, 15) is 9.18 Å². The first-order valence-corrected chi connectivity index (χ1v) is 9.42. The highest BCUT2D eigenvalue weighted by Gasteiger charge is 2.30. The van der Waals surface area contributed by atoms with Crippen LogP contribution >= 0.6 is 0 Å². The summed E-state index contributed by atoms with van der Waals surface area (Å²) in [5.74, 6) is -0.136. The van der Waals surface area contributed by atoms with Crippen LogP contribution in [0.25, 0.3) is 0 Å². The molecule has 0 saturated carbocycles. The van der Waals surface area contributed by atoms with Crippen LogP contribution in [0.5, 0.6) is 0 Å².